The first-order valence-corrected chi connectivity index (χ1v) is 46.3. The van der Waals surface area contributed by atoms with E-state index in [1.807, 2.05) is 0 Å². The van der Waals surface area contributed by atoms with E-state index >= 15 is 0 Å². The Labute approximate surface area is 695 Å². The summed E-state index contributed by atoms with van der Waals surface area (Å²) in [4.78, 5) is 46.3. The van der Waals surface area contributed by atoms with Crippen LogP contribution in [-0.2, 0) is 10.8 Å². The van der Waals surface area contributed by atoms with Crippen molar-refractivity contribution in [2.45, 2.75) is 129 Å². The molecule has 124 heavy (non-hydrogen) atoms. The Bertz CT molecular complexity index is 9950. The molecule has 4 aliphatic carbocycles. The Morgan fingerprint density at radius 1 is 0.202 bits per heavy atom. The van der Waals surface area contributed by atoms with E-state index in [2.05, 4.69) is 87.9 Å². The first kappa shape index (κ1) is 59.9. The number of fused-ring (bicyclic) bond motifs is 17. The Kier molecular flexibility index (Phi) is 8.47. The second kappa shape index (κ2) is 17.5. The zero-order chi connectivity index (χ0) is 78.9. The first-order valence-electron chi connectivity index (χ1n) is 46.3. The van der Waals surface area contributed by atoms with Gasteiger partial charge in [-0.3, -0.25) is 0 Å². The van der Waals surface area contributed by atoms with E-state index in [4.69, 9.17) is 58.3 Å². The van der Waals surface area contributed by atoms with Gasteiger partial charge in [0.25, 0.3) is 0 Å². The van der Waals surface area contributed by atoms with Crippen LogP contribution < -0.4 is 28.4 Å². The van der Waals surface area contributed by atoms with Crippen molar-refractivity contribution in [1.29, 1.82) is 0 Å². The fourth-order valence-corrected chi connectivity index (χ4v) is 31.6. The maximum Gasteiger partial charge on any atom is 0.164 e. The van der Waals surface area contributed by atoms with E-state index in [1.54, 1.807) is 97.0 Å². The number of hydrogen-bond donors (Lipinski definition) is 2. The lowest BCUT2D eigenvalue weighted by molar-refractivity contribution is 0.262. The highest BCUT2D eigenvalue weighted by Crippen LogP contribution is 2.86. The van der Waals surface area contributed by atoms with Crippen LogP contribution in [0.15, 0.2) is 36.4 Å². The van der Waals surface area contributed by atoms with Crippen LogP contribution in [0.1, 0.15) is 152 Å². The van der Waals surface area contributed by atoms with Crippen LogP contribution in [0, 0.1) is 0 Å². The standard InChI is InChI=1S/C110H62N8O6/c1-7-13-19-119-37-25-31-32(26-38(37)120-20-14-8-2)102-111-101(31)112-103-33-27-39(121-21-15-9-3)41(123-23-17-11-5)29-35(33)105(114-103)116-107-109-97-89-81-71-61-53-45-43-44-47-51-49(45)57-65-59(51)69-63-55(47)56-48(44)52-50-46(43)54(53)62-68-58(50)66-60(52)70-64(56)74-73(63)83-77(69)87-79(65)85(75(81)67(57)61)93(97)95(87)99-91(83)92-84(74)78(70)88-80(66)86-76(68)82(72(62)71)90(89)98(109)94(86)96(88)100(92)110(99,109)108(118-107)117-106-36-30-42(124-24-18-12-6)40(122-22-16-10-4)28-34(36)104(113-102)115-106/h25-30H,7-24H2,1-6H3,(H2,111,112,113,114,115,116,117,118). The minimum absolute atomic E-state index is 0.472. The van der Waals surface area contributed by atoms with Crippen LogP contribution in [-0.4, -0.2) is 79.5 Å². The van der Waals surface area contributed by atoms with Crippen molar-refractivity contribution in [3.05, 3.63) is 70.3 Å². The Balaban J connectivity index is 0.779. The van der Waals surface area contributed by atoms with E-state index in [-0.39, 0.29) is 0 Å². The molecule has 0 unspecified atom stereocenters. The van der Waals surface area contributed by atoms with Gasteiger partial charge in [0.1, 0.15) is 45.1 Å². The summed E-state index contributed by atoms with van der Waals surface area (Å²) in [5.41, 5.74) is 7.29. The van der Waals surface area contributed by atoms with E-state index in [0.29, 0.717) is 108 Å². The van der Waals surface area contributed by atoms with Gasteiger partial charge in [0.2, 0.25) is 0 Å². The monoisotopic (exact) mass is 1590 g/mol. The predicted molar refractivity (Wildman–Crippen MR) is 506 cm³/mol. The van der Waals surface area contributed by atoms with E-state index in [9.17, 15) is 0 Å². The highest BCUT2D eigenvalue weighted by atomic mass is 16.5. The molecule has 0 fully saturated rings. The fraction of sp³-hybridized carbons (Fsp3) is 0.236. The van der Waals surface area contributed by atoms with Crippen molar-refractivity contribution in [3.8, 4) is 57.3 Å². The van der Waals surface area contributed by atoms with E-state index in [1.165, 1.54) is 216 Å². The molecule has 0 radical (unpaired) electrons. The lowest BCUT2D eigenvalue weighted by Crippen LogP contribution is -2.51. The van der Waals surface area contributed by atoms with Gasteiger partial charge < -0.3 is 38.4 Å². The zero-order valence-corrected chi connectivity index (χ0v) is 68.3. The summed E-state index contributed by atoms with van der Waals surface area (Å²) >= 11 is 0. The molecule has 3 aromatic heterocycles. The SMILES string of the molecule is CCCCOc1cc2c(cc1OCCCC)-c1nc-2nc2[nH]c(nc3nc(nc4[nH]c(n1)c1cc(OCCCC)c(OCCCC)cc41)C14c5c6c7c8c9c%10c(c%11c%12c1c1c5c5c%13c6c6c7c7c9c9c%14c%10c%10c%11c%11c%12c%12c1c1c5c5c%13c%13c6c6c7c9c7c9c%14c%10c%10c%11c%11c%12c1c1c5c5c%13c6c7c6c9c%10c%11c1c56)C384)c1cc(OCCCC)c(OCCCC)cc21. The van der Waals surface area contributed by atoms with Crippen LogP contribution in [0.3, 0.4) is 0 Å². The van der Waals surface area contributed by atoms with Crippen LogP contribution in [0.5, 0.6) is 34.5 Å². The van der Waals surface area contributed by atoms with Crippen molar-refractivity contribution in [1.82, 2.24) is 39.9 Å². The van der Waals surface area contributed by atoms with Gasteiger partial charge in [0, 0.05) is 32.7 Å². The average molecular weight is 1590 g/mol. The molecule has 0 atom stereocenters. The van der Waals surface area contributed by atoms with Crippen LogP contribution in [0.2, 0.25) is 0 Å². The topological polar surface area (TPSA) is 164 Å². The minimum Gasteiger partial charge on any atom is -0.490 e. The summed E-state index contributed by atoms with van der Waals surface area (Å²) in [6.07, 6.45) is 11.2. The number of nitrogens with zero attached hydrogens (tertiary/aromatic N) is 6. The molecule has 578 valence electrons. The van der Waals surface area contributed by atoms with Gasteiger partial charge in [-0.2, -0.15) is 0 Å². The molecule has 0 saturated carbocycles. The van der Waals surface area contributed by atoms with Crippen molar-refractivity contribution in [2.24, 2.45) is 0 Å². The summed E-state index contributed by atoms with van der Waals surface area (Å²) < 4.78 is 41.9. The molecule has 40 rings (SSSR count). The number of nitrogens with one attached hydrogen (secondary N) is 2. The van der Waals surface area contributed by atoms with Crippen LogP contribution >= 0.6 is 0 Å². The van der Waals surface area contributed by atoms with Crippen molar-refractivity contribution < 1.29 is 28.4 Å². The molecule has 14 nitrogen and oxygen atoms in total. The third-order valence-corrected chi connectivity index (χ3v) is 35.0. The van der Waals surface area contributed by atoms with E-state index < -0.39 is 10.8 Å². The number of ether oxygens (including phenoxy) is 6. The largest absolute Gasteiger partial charge is 0.490 e. The third kappa shape index (κ3) is 4.88. The molecular formula is C110H62N8O6. The minimum atomic E-state index is -1.14. The van der Waals surface area contributed by atoms with Crippen molar-refractivity contribution in [3.63, 3.8) is 0 Å². The van der Waals surface area contributed by atoms with Gasteiger partial charge in [-0.25, -0.2) is 29.9 Å². The summed E-state index contributed by atoms with van der Waals surface area (Å²) in [7, 11) is 0. The third-order valence-electron chi connectivity index (χ3n) is 35.0. The summed E-state index contributed by atoms with van der Waals surface area (Å²) in [6.45, 7) is 16.4. The molecule has 34 aromatic rings. The molecule has 2 N–H and O–H groups in total. The normalized spacial score (nSPS) is 17.6. The molecule has 6 aliphatic rings. The molecule has 0 amide bonds. The number of rotatable bonds is 24. The quantitative estimate of drug-likeness (QED) is 0.0435. The van der Waals surface area contributed by atoms with Gasteiger partial charge in [-0.05, 0) is 388 Å². The lowest BCUT2D eigenvalue weighted by atomic mass is 9.49. The van der Waals surface area contributed by atoms with Crippen LogP contribution in [0.4, 0.5) is 0 Å². The molecule has 14 heteroatoms. The van der Waals surface area contributed by atoms with Gasteiger partial charge >= 0.3 is 0 Å². The molecule has 0 saturated heterocycles. The van der Waals surface area contributed by atoms with Gasteiger partial charge in [0.15, 0.2) is 46.1 Å². The molecule has 5 heterocycles. The fourth-order valence-electron chi connectivity index (χ4n) is 31.6. The molecule has 2 spiro atoms. The van der Waals surface area contributed by atoms with Crippen LogP contribution in [0.25, 0.3) is 358 Å². The molecule has 31 aromatic carbocycles. The Morgan fingerprint density at radius 3 is 0.556 bits per heavy atom. The maximum absolute atomic E-state index is 7.09. The molecule has 2 aliphatic heterocycles. The van der Waals surface area contributed by atoms with Crippen molar-refractivity contribution >= 4 is 335 Å². The molecular weight excluding hydrogens is 1530 g/mol. The Morgan fingerprint density at radius 2 is 0.371 bits per heavy atom. The number of aromatic amines is 2. The van der Waals surface area contributed by atoms with Gasteiger partial charge in [-0.15, -0.1) is 0 Å². The van der Waals surface area contributed by atoms with Gasteiger partial charge in [0.05, 0.1) is 39.6 Å². The smallest absolute Gasteiger partial charge is 0.164 e. The summed E-state index contributed by atoms with van der Waals surface area (Å²) in [5, 5.41) is 85.1. The average Bonchev–Trinajstić information content (AvgIpc) is 1.38. The number of hydrogen-bond acceptors (Lipinski definition) is 12. The van der Waals surface area contributed by atoms with Crippen molar-refractivity contribution in [2.75, 3.05) is 39.6 Å². The summed E-state index contributed by atoms with van der Waals surface area (Å²) in [5.74, 6) is 6.43. The zero-order valence-electron chi connectivity index (χ0n) is 68.3. The maximum atomic E-state index is 7.09. The number of H-pyrrole nitrogens is 2. The highest BCUT2D eigenvalue weighted by molar-refractivity contribution is 6.82. The van der Waals surface area contributed by atoms with E-state index in [0.717, 1.165) is 121 Å². The predicted octanol–water partition coefficient (Wildman–Crippen LogP) is 28.3. The second-order valence-corrected chi connectivity index (χ2v) is 39.6. The second-order valence-electron chi connectivity index (χ2n) is 39.6. The highest BCUT2D eigenvalue weighted by Gasteiger charge is 2.76. The Hall–Kier alpha value is -13.7. The molecule has 8 bridgehead atoms. The number of unbranched alkanes of at least 4 members (excludes halogenated alkanes) is 6. The number of benzene rings is 21. The number of aromatic nitrogens is 8. The first-order chi connectivity index (χ1) is 61.4. The van der Waals surface area contributed by atoms with Gasteiger partial charge in [-0.1, -0.05) is 80.1 Å². The summed E-state index contributed by atoms with van der Waals surface area (Å²) in [6, 6.07) is 13.0. The lowest BCUT2D eigenvalue weighted by Gasteiger charge is -2.48.